The molecule has 1 radical (unpaired) electrons. The summed E-state index contributed by atoms with van der Waals surface area (Å²) >= 11 is 5.92. The summed E-state index contributed by atoms with van der Waals surface area (Å²) in [5.41, 5.74) is 0.0967. The maximum atomic E-state index is 13.6. The van der Waals surface area contributed by atoms with E-state index in [1.165, 1.54) is 31.4 Å². The van der Waals surface area contributed by atoms with E-state index < -0.39 is 11.6 Å². The van der Waals surface area contributed by atoms with E-state index in [9.17, 15) is 8.78 Å². The lowest BCUT2D eigenvalue weighted by atomic mass is 10.0. The predicted octanol–water partition coefficient (Wildman–Crippen LogP) is 4.09. The molecule has 0 heterocycles. The Hall–Kier alpha value is -1.61. The molecule has 0 aromatic heterocycles. The first kappa shape index (κ1) is 11.9. The fourth-order valence-electron chi connectivity index (χ4n) is 1.52. The molecule has 2 rings (SSSR count). The summed E-state index contributed by atoms with van der Waals surface area (Å²) in [6.07, 6.45) is 0. The van der Waals surface area contributed by atoms with Crippen molar-refractivity contribution >= 4 is 11.6 Å². The molecule has 0 atom stereocenters. The molecule has 0 bridgehead atoms. The highest BCUT2D eigenvalue weighted by Gasteiger charge is 2.14. The minimum Gasteiger partial charge on any atom is -0.496 e. The van der Waals surface area contributed by atoms with Crippen LogP contribution in [-0.2, 0) is 0 Å². The molecule has 0 saturated carbocycles. The van der Waals surface area contributed by atoms with Gasteiger partial charge in [-0.2, -0.15) is 0 Å². The Bertz CT molecular complexity index is 535. The standard InChI is InChI=1S/C13H8ClF2O/c1-17-8-5-6-9(10(14)7-8)13-11(15)3-2-4-12(13)16/h2-6H,1H3. The van der Waals surface area contributed by atoms with Crippen LogP contribution >= 0.6 is 11.6 Å². The average molecular weight is 254 g/mol. The Labute approximate surface area is 103 Å². The second-order valence-corrected chi connectivity index (χ2v) is 3.73. The van der Waals surface area contributed by atoms with Crippen LogP contribution in [0.25, 0.3) is 11.1 Å². The van der Waals surface area contributed by atoms with Gasteiger partial charge in [-0.3, -0.25) is 0 Å². The quantitative estimate of drug-likeness (QED) is 0.783. The van der Waals surface area contributed by atoms with Crippen LogP contribution in [0.15, 0.2) is 30.3 Å². The topological polar surface area (TPSA) is 9.23 Å². The smallest absolute Gasteiger partial charge is 0.134 e. The zero-order valence-corrected chi connectivity index (χ0v) is 9.68. The molecule has 0 aliphatic carbocycles. The Morgan fingerprint density at radius 3 is 2.29 bits per heavy atom. The van der Waals surface area contributed by atoms with Gasteiger partial charge in [0.15, 0.2) is 0 Å². The molecule has 17 heavy (non-hydrogen) atoms. The lowest BCUT2D eigenvalue weighted by Crippen LogP contribution is -1.91. The molecule has 4 heteroatoms. The molecule has 0 fully saturated rings. The molecule has 0 N–H and O–H groups in total. The highest BCUT2D eigenvalue weighted by atomic mass is 35.5. The van der Waals surface area contributed by atoms with Crippen LogP contribution in [-0.4, -0.2) is 7.11 Å². The van der Waals surface area contributed by atoms with E-state index in [-0.39, 0.29) is 16.1 Å². The molecular formula is C13H8ClF2O. The second kappa shape index (κ2) is 4.72. The van der Waals surface area contributed by atoms with Crippen LogP contribution < -0.4 is 4.74 Å². The third-order valence-corrected chi connectivity index (χ3v) is 2.62. The minimum absolute atomic E-state index is 0.119. The van der Waals surface area contributed by atoms with E-state index in [0.29, 0.717) is 5.75 Å². The first-order valence-electron chi connectivity index (χ1n) is 4.83. The van der Waals surface area contributed by atoms with Crippen LogP contribution in [0, 0.1) is 17.7 Å². The van der Waals surface area contributed by atoms with Gasteiger partial charge in [-0.05, 0) is 24.3 Å². The van der Waals surface area contributed by atoms with Gasteiger partial charge >= 0.3 is 0 Å². The van der Waals surface area contributed by atoms with Gasteiger partial charge in [0.05, 0.1) is 17.7 Å². The fraction of sp³-hybridized carbons (Fsp3) is 0.0769. The van der Waals surface area contributed by atoms with Crippen LogP contribution in [0.1, 0.15) is 0 Å². The van der Waals surface area contributed by atoms with Gasteiger partial charge in [0.25, 0.3) is 0 Å². The van der Waals surface area contributed by atoms with Crippen molar-refractivity contribution in [3.05, 3.63) is 53.1 Å². The number of ether oxygens (including phenoxy) is 1. The number of benzene rings is 2. The monoisotopic (exact) mass is 253 g/mol. The molecule has 2 aromatic rings. The van der Waals surface area contributed by atoms with Crippen molar-refractivity contribution in [1.82, 2.24) is 0 Å². The van der Waals surface area contributed by atoms with Crippen LogP contribution in [0.5, 0.6) is 5.75 Å². The third kappa shape index (κ3) is 2.24. The zero-order chi connectivity index (χ0) is 12.4. The highest BCUT2D eigenvalue weighted by Crippen LogP contribution is 2.33. The van der Waals surface area contributed by atoms with E-state index in [2.05, 4.69) is 6.07 Å². The van der Waals surface area contributed by atoms with Gasteiger partial charge in [-0.1, -0.05) is 17.7 Å². The number of halogens is 3. The van der Waals surface area contributed by atoms with E-state index in [4.69, 9.17) is 16.3 Å². The molecule has 1 nitrogen and oxygen atoms in total. The molecule has 87 valence electrons. The van der Waals surface area contributed by atoms with Gasteiger partial charge in [0.2, 0.25) is 0 Å². The van der Waals surface area contributed by atoms with E-state index >= 15 is 0 Å². The summed E-state index contributed by atoms with van der Waals surface area (Å²) in [6, 6.07) is 9.40. The van der Waals surface area contributed by atoms with Crippen LogP contribution in [0.2, 0.25) is 5.02 Å². The number of hydrogen-bond acceptors (Lipinski definition) is 1. The summed E-state index contributed by atoms with van der Waals surface area (Å²) < 4.78 is 32.0. The Morgan fingerprint density at radius 2 is 1.76 bits per heavy atom. The van der Waals surface area contributed by atoms with Crippen molar-refractivity contribution in [1.29, 1.82) is 0 Å². The normalized spacial score (nSPS) is 10.4. The van der Waals surface area contributed by atoms with Crippen LogP contribution in [0.3, 0.4) is 0 Å². The SMILES string of the molecule is COc1[c]c(Cl)c(-c2c(F)cccc2F)cc1. The minimum atomic E-state index is -0.662. The number of hydrogen-bond donors (Lipinski definition) is 0. The zero-order valence-electron chi connectivity index (χ0n) is 8.93. The largest absolute Gasteiger partial charge is 0.496 e. The highest BCUT2D eigenvalue weighted by molar-refractivity contribution is 6.33. The Kier molecular flexibility index (Phi) is 3.29. The van der Waals surface area contributed by atoms with Crippen molar-refractivity contribution in [2.45, 2.75) is 0 Å². The first-order chi connectivity index (χ1) is 8.13. The molecule has 0 saturated heterocycles. The summed E-state index contributed by atoms with van der Waals surface area (Å²) in [5, 5.41) is 0.119. The first-order valence-corrected chi connectivity index (χ1v) is 5.21. The molecule has 2 aromatic carbocycles. The molecular weight excluding hydrogens is 246 g/mol. The van der Waals surface area contributed by atoms with Crippen LogP contribution in [0.4, 0.5) is 8.78 Å². The Balaban J connectivity index is 2.61. The fourth-order valence-corrected chi connectivity index (χ4v) is 1.77. The number of methoxy groups -OCH3 is 1. The lowest BCUT2D eigenvalue weighted by Gasteiger charge is -2.08. The van der Waals surface area contributed by atoms with Crippen molar-refractivity contribution in [3.63, 3.8) is 0 Å². The van der Waals surface area contributed by atoms with Gasteiger partial charge in [0, 0.05) is 11.6 Å². The lowest BCUT2D eigenvalue weighted by molar-refractivity contribution is 0.414. The summed E-state index contributed by atoms with van der Waals surface area (Å²) in [6.45, 7) is 0. The molecule has 0 unspecified atom stereocenters. The van der Waals surface area contributed by atoms with Gasteiger partial charge in [0.1, 0.15) is 17.4 Å². The van der Waals surface area contributed by atoms with Crippen molar-refractivity contribution in [2.75, 3.05) is 7.11 Å². The third-order valence-electron chi connectivity index (χ3n) is 2.32. The Morgan fingerprint density at radius 1 is 1.12 bits per heavy atom. The molecule has 0 amide bonds. The molecule has 0 spiro atoms. The second-order valence-electron chi connectivity index (χ2n) is 3.35. The number of rotatable bonds is 2. The van der Waals surface area contributed by atoms with E-state index in [1.54, 1.807) is 6.07 Å². The average Bonchev–Trinajstić information content (AvgIpc) is 2.30. The van der Waals surface area contributed by atoms with Gasteiger partial charge < -0.3 is 4.74 Å². The van der Waals surface area contributed by atoms with Crippen molar-refractivity contribution in [3.8, 4) is 16.9 Å². The maximum absolute atomic E-state index is 13.6. The molecule has 0 aliphatic rings. The van der Waals surface area contributed by atoms with Gasteiger partial charge in [-0.15, -0.1) is 0 Å². The summed E-state index contributed by atoms with van der Waals surface area (Å²) in [4.78, 5) is 0. The van der Waals surface area contributed by atoms with E-state index in [1.807, 2.05) is 0 Å². The van der Waals surface area contributed by atoms with Crippen molar-refractivity contribution in [2.24, 2.45) is 0 Å². The predicted molar refractivity (Wildman–Crippen MR) is 62.2 cm³/mol. The van der Waals surface area contributed by atoms with Crippen molar-refractivity contribution < 1.29 is 13.5 Å². The molecule has 0 aliphatic heterocycles. The summed E-state index contributed by atoms with van der Waals surface area (Å²) in [5.74, 6) is -0.911. The van der Waals surface area contributed by atoms with E-state index in [0.717, 1.165) is 0 Å². The summed E-state index contributed by atoms with van der Waals surface area (Å²) in [7, 11) is 1.46. The van der Waals surface area contributed by atoms with Gasteiger partial charge in [-0.25, -0.2) is 8.78 Å². The maximum Gasteiger partial charge on any atom is 0.134 e.